The van der Waals surface area contributed by atoms with Crippen molar-refractivity contribution in [1.82, 2.24) is 10.2 Å². The van der Waals surface area contributed by atoms with Crippen LogP contribution in [0.15, 0.2) is 18.2 Å². The smallest absolute Gasteiger partial charge is 0.141 e. The molecule has 2 atom stereocenters. The number of rotatable bonds is 3. The molecule has 4 heteroatoms. The van der Waals surface area contributed by atoms with E-state index in [1.807, 2.05) is 6.07 Å². The Labute approximate surface area is 118 Å². The van der Waals surface area contributed by atoms with E-state index in [9.17, 15) is 4.39 Å². The average molecular weight is 283 g/mol. The normalized spacial score (nSPS) is 27.5. The molecule has 2 saturated heterocycles. The van der Waals surface area contributed by atoms with Gasteiger partial charge in [-0.25, -0.2) is 4.39 Å². The summed E-state index contributed by atoms with van der Waals surface area (Å²) < 4.78 is 13.1. The van der Waals surface area contributed by atoms with Gasteiger partial charge in [0.1, 0.15) is 5.82 Å². The van der Waals surface area contributed by atoms with Crippen LogP contribution in [0.2, 0.25) is 5.02 Å². The minimum atomic E-state index is -0.343. The van der Waals surface area contributed by atoms with Crippen LogP contribution in [0, 0.1) is 5.82 Å². The topological polar surface area (TPSA) is 15.3 Å². The Bertz CT molecular complexity index is 452. The van der Waals surface area contributed by atoms with E-state index in [2.05, 4.69) is 10.2 Å². The van der Waals surface area contributed by atoms with Crippen molar-refractivity contribution >= 4 is 11.6 Å². The first-order valence-corrected chi connectivity index (χ1v) is 7.53. The number of fused-ring (bicyclic) bond motifs is 1. The first-order valence-electron chi connectivity index (χ1n) is 7.15. The highest BCUT2D eigenvalue weighted by Crippen LogP contribution is 2.27. The molecule has 2 heterocycles. The molecular formula is C15H20ClFN2. The summed E-state index contributed by atoms with van der Waals surface area (Å²) in [6, 6.07) is 6.24. The van der Waals surface area contributed by atoms with E-state index in [0.717, 1.165) is 12.1 Å². The lowest BCUT2D eigenvalue weighted by molar-refractivity contribution is 0.180. The summed E-state index contributed by atoms with van der Waals surface area (Å²) in [5, 5.41) is 3.83. The molecule has 0 radical (unpaired) electrons. The number of hydrogen-bond acceptors (Lipinski definition) is 2. The van der Waals surface area contributed by atoms with Crippen molar-refractivity contribution in [2.24, 2.45) is 0 Å². The standard InChI is InChI=1S/C15H20ClFN2/c16-12-9-11(4-5-13(12)17)10-18-14-6-8-19-7-2-1-3-15(14)19/h4-5,9,14-15,18H,1-3,6-8,10H2. The number of nitrogens with zero attached hydrogens (tertiary/aromatic N) is 1. The van der Waals surface area contributed by atoms with Gasteiger partial charge >= 0.3 is 0 Å². The summed E-state index contributed by atoms with van der Waals surface area (Å²) in [5.74, 6) is -0.343. The van der Waals surface area contributed by atoms with E-state index in [1.54, 1.807) is 6.07 Å². The molecule has 0 aromatic heterocycles. The Balaban J connectivity index is 1.58. The molecule has 19 heavy (non-hydrogen) atoms. The number of hydrogen-bond donors (Lipinski definition) is 1. The Morgan fingerprint density at radius 2 is 2.16 bits per heavy atom. The van der Waals surface area contributed by atoms with Crippen LogP contribution < -0.4 is 5.32 Å². The van der Waals surface area contributed by atoms with E-state index in [-0.39, 0.29) is 10.8 Å². The number of piperidine rings is 1. The summed E-state index contributed by atoms with van der Waals surface area (Å²) >= 11 is 5.81. The van der Waals surface area contributed by atoms with Gasteiger partial charge in [0.25, 0.3) is 0 Å². The second kappa shape index (κ2) is 5.78. The SMILES string of the molecule is Fc1ccc(CNC2CCN3CCCCC23)cc1Cl. The number of nitrogens with one attached hydrogen (secondary N) is 1. The van der Waals surface area contributed by atoms with Gasteiger partial charge in [0.05, 0.1) is 5.02 Å². The largest absolute Gasteiger partial charge is 0.308 e. The summed E-state index contributed by atoms with van der Waals surface area (Å²) in [6.07, 6.45) is 5.22. The van der Waals surface area contributed by atoms with Crippen LogP contribution in [0.4, 0.5) is 4.39 Å². The molecule has 0 aliphatic carbocycles. The van der Waals surface area contributed by atoms with Crippen LogP contribution in [0.3, 0.4) is 0 Å². The summed E-state index contributed by atoms with van der Waals surface area (Å²) in [6.45, 7) is 3.24. The van der Waals surface area contributed by atoms with E-state index in [0.29, 0.717) is 12.1 Å². The Hall–Kier alpha value is -0.640. The zero-order valence-electron chi connectivity index (χ0n) is 11.0. The number of benzene rings is 1. The van der Waals surface area contributed by atoms with Gasteiger partial charge in [-0.1, -0.05) is 24.1 Å². The van der Waals surface area contributed by atoms with Crippen LogP contribution in [0.5, 0.6) is 0 Å². The average Bonchev–Trinajstić information content (AvgIpc) is 2.83. The first-order chi connectivity index (χ1) is 9.24. The van der Waals surface area contributed by atoms with Gasteiger partial charge < -0.3 is 5.32 Å². The third-order valence-electron chi connectivity index (χ3n) is 4.41. The monoisotopic (exact) mass is 282 g/mol. The fraction of sp³-hybridized carbons (Fsp3) is 0.600. The van der Waals surface area contributed by atoms with E-state index < -0.39 is 0 Å². The van der Waals surface area contributed by atoms with Gasteiger partial charge in [-0.2, -0.15) is 0 Å². The molecule has 104 valence electrons. The van der Waals surface area contributed by atoms with E-state index >= 15 is 0 Å². The molecule has 2 aliphatic rings. The van der Waals surface area contributed by atoms with E-state index in [1.165, 1.54) is 44.8 Å². The highest BCUT2D eigenvalue weighted by Gasteiger charge is 2.34. The van der Waals surface area contributed by atoms with Crippen molar-refractivity contribution < 1.29 is 4.39 Å². The maximum absolute atomic E-state index is 13.1. The Kier molecular flexibility index (Phi) is 4.06. The van der Waals surface area contributed by atoms with Gasteiger partial charge in [0.2, 0.25) is 0 Å². The third kappa shape index (κ3) is 2.93. The third-order valence-corrected chi connectivity index (χ3v) is 4.70. The van der Waals surface area contributed by atoms with Gasteiger partial charge in [-0.15, -0.1) is 0 Å². The lowest BCUT2D eigenvalue weighted by Gasteiger charge is -2.32. The van der Waals surface area contributed by atoms with Crippen molar-refractivity contribution in [3.8, 4) is 0 Å². The highest BCUT2D eigenvalue weighted by molar-refractivity contribution is 6.30. The second-order valence-corrected chi connectivity index (χ2v) is 6.03. The van der Waals surface area contributed by atoms with Crippen LogP contribution in [-0.2, 0) is 6.54 Å². The van der Waals surface area contributed by atoms with Crippen LogP contribution >= 0.6 is 11.6 Å². The minimum Gasteiger partial charge on any atom is -0.308 e. The predicted octanol–water partition coefficient (Wildman–Crippen LogP) is 3.20. The van der Waals surface area contributed by atoms with E-state index in [4.69, 9.17) is 11.6 Å². The molecule has 2 aliphatic heterocycles. The molecule has 0 amide bonds. The summed E-state index contributed by atoms with van der Waals surface area (Å²) in [5.41, 5.74) is 1.06. The maximum atomic E-state index is 13.1. The van der Waals surface area contributed by atoms with Crippen molar-refractivity contribution in [2.45, 2.75) is 44.3 Å². The molecule has 1 N–H and O–H groups in total. The van der Waals surface area contributed by atoms with Gasteiger partial charge in [0.15, 0.2) is 0 Å². The minimum absolute atomic E-state index is 0.213. The molecule has 1 aromatic rings. The molecule has 0 spiro atoms. The van der Waals surface area contributed by atoms with Crippen LogP contribution in [-0.4, -0.2) is 30.1 Å². The molecule has 2 nitrogen and oxygen atoms in total. The van der Waals surface area contributed by atoms with Gasteiger partial charge in [0, 0.05) is 25.2 Å². The number of halogens is 2. The molecule has 3 rings (SSSR count). The molecule has 2 unspecified atom stereocenters. The summed E-state index contributed by atoms with van der Waals surface area (Å²) in [4.78, 5) is 2.61. The molecule has 0 saturated carbocycles. The van der Waals surface area contributed by atoms with Crippen molar-refractivity contribution in [3.63, 3.8) is 0 Å². The van der Waals surface area contributed by atoms with Crippen LogP contribution in [0.25, 0.3) is 0 Å². The van der Waals surface area contributed by atoms with Crippen LogP contribution in [0.1, 0.15) is 31.2 Å². The van der Waals surface area contributed by atoms with Gasteiger partial charge in [-0.3, -0.25) is 4.90 Å². The molecule has 1 aromatic carbocycles. The van der Waals surface area contributed by atoms with Gasteiger partial charge in [-0.05, 0) is 43.5 Å². The predicted molar refractivity (Wildman–Crippen MR) is 75.9 cm³/mol. The summed E-state index contributed by atoms with van der Waals surface area (Å²) in [7, 11) is 0. The lowest BCUT2D eigenvalue weighted by atomic mass is 9.99. The first kappa shape index (κ1) is 13.3. The Morgan fingerprint density at radius 1 is 1.26 bits per heavy atom. The quantitative estimate of drug-likeness (QED) is 0.916. The lowest BCUT2D eigenvalue weighted by Crippen LogP contribution is -2.44. The molecule has 0 bridgehead atoms. The second-order valence-electron chi connectivity index (χ2n) is 5.62. The van der Waals surface area contributed by atoms with Crippen molar-refractivity contribution in [2.75, 3.05) is 13.1 Å². The zero-order valence-corrected chi connectivity index (χ0v) is 11.8. The Morgan fingerprint density at radius 3 is 3.00 bits per heavy atom. The fourth-order valence-corrected chi connectivity index (χ4v) is 3.59. The fourth-order valence-electron chi connectivity index (χ4n) is 3.38. The molecule has 2 fully saturated rings. The zero-order chi connectivity index (χ0) is 13.2. The van der Waals surface area contributed by atoms with Crippen molar-refractivity contribution in [3.05, 3.63) is 34.6 Å². The van der Waals surface area contributed by atoms with Crippen molar-refractivity contribution in [1.29, 1.82) is 0 Å². The molecular weight excluding hydrogens is 263 g/mol. The maximum Gasteiger partial charge on any atom is 0.141 e. The highest BCUT2D eigenvalue weighted by atomic mass is 35.5.